The van der Waals surface area contributed by atoms with Crippen LogP contribution in [0.5, 0.6) is 0 Å². The van der Waals surface area contributed by atoms with E-state index in [1.165, 1.54) is 11.1 Å². The molecule has 0 heterocycles. The minimum Gasteiger partial charge on any atom is -0.289 e. The lowest BCUT2D eigenvalue weighted by atomic mass is 10.0. The molecule has 0 amide bonds. The summed E-state index contributed by atoms with van der Waals surface area (Å²) in [6.07, 6.45) is 1.01. The first-order valence-corrected chi connectivity index (χ1v) is 17.3. The topological polar surface area (TPSA) is 17.1 Å². The summed E-state index contributed by atoms with van der Waals surface area (Å²) in [6.45, 7) is 0. The SMILES string of the molecule is Brc1ccc(Cc2ccccc2)cc1.I.II.O=C(c1ccccc1)c1ccc(Br)cc1. The van der Waals surface area contributed by atoms with Crippen LogP contribution in [0.3, 0.4) is 0 Å². The van der Waals surface area contributed by atoms with E-state index in [1.807, 2.05) is 60.7 Å². The lowest BCUT2D eigenvalue weighted by Gasteiger charge is -2.01. The lowest BCUT2D eigenvalue weighted by molar-refractivity contribution is 0.103. The standard InChI is InChI=1S/C13H9BrO.C13H11Br.I2.HI/c14-12-8-6-11(7-9-12)13(15)10-4-2-1-3-5-10;14-13-8-6-12(7-9-13)10-11-4-2-1-3-5-11;1-2;/h1-9H;1-9H,10H2;;1H. The molecular weight excluding hydrogens is 869 g/mol. The van der Waals surface area contributed by atoms with Gasteiger partial charge in [0.25, 0.3) is 0 Å². The van der Waals surface area contributed by atoms with Gasteiger partial charge in [0.1, 0.15) is 0 Å². The molecule has 4 rings (SSSR count). The van der Waals surface area contributed by atoms with Crippen LogP contribution in [-0.2, 0) is 6.42 Å². The second-order valence-corrected chi connectivity index (χ2v) is 8.32. The molecular formula is C26H21Br2I3O. The van der Waals surface area contributed by atoms with E-state index in [4.69, 9.17) is 0 Å². The Morgan fingerprint density at radius 1 is 0.562 bits per heavy atom. The van der Waals surface area contributed by atoms with E-state index in [-0.39, 0.29) is 29.8 Å². The Labute approximate surface area is 247 Å². The molecule has 0 saturated carbocycles. The third kappa shape index (κ3) is 10.8. The Kier molecular flexibility index (Phi) is 16.0. The number of halogens is 5. The van der Waals surface area contributed by atoms with Crippen molar-refractivity contribution in [1.29, 1.82) is 0 Å². The fourth-order valence-corrected chi connectivity index (χ4v) is 3.32. The molecule has 0 aliphatic heterocycles. The summed E-state index contributed by atoms with van der Waals surface area (Å²) < 4.78 is 2.11. The maximum Gasteiger partial charge on any atom is 0.193 e. The maximum absolute atomic E-state index is 11.9. The number of benzene rings is 4. The summed E-state index contributed by atoms with van der Waals surface area (Å²) in [6, 6.07) is 35.6. The van der Waals surface area contributed by atoms with Gasteiger partial charge in [-0.05, 0) is 53.9 Å². The molecule has 4 aromatic carbocycles. The normalized spacial score (nSPS) is 9.25. The molecule has 0 aliphatic rings. The lowest BCUT2D eigenvalue weighted by Crippen LogP contribution is -2.00. The summed E-state index contributed by atoms with van der Waals surface area (Å²) in [7, 11) is 0. The summed E-state index contributed by atoms with van der Waals surface area (Å²) in [4.78, 5) is 11.9. The molecule has 32 heavy (non-hydrogen) atoms. The van der Waals surface area contributed by atoms with Crippen molar-refractivity contribution in [2.45, 2.75) is 6.42 Å². The Morgan fingerprint density at radius 3 is 1.44 bits per heavy atom. The third-order valence-electron chi connectivity index (χ3n) is 4.31. The van der Waals surface area contributed by atoms with Crippen LogP contribution in [0.4, 0.5) is 0 Å². The van der Waals surface area contributed by atoms with Crippen LogP contribution < -0.4 is 0 Å². The first-order valence-electron chi connectivity index (χ1n) is 9.40. The number of carbonyl (C=O) groups excluding carboxylic acids is 1. The highest BCUT2D eigenvalue weighted by molar-refractivity contribution is 15.0. The van der Waals surface area contributed by atoms with Gasteiger partial charge in [-0.3, -0.25) is 4.79 Å². The van der Waals surface area contributed by atoms with Gasteiger partial charge in [-0.15, -0.1) is 24.0 Å². The molecule has 0 spiro atoms. The minimum absolute atomic E-state index is 0. The Hall–Kier alpha value is -0.300. The number of hydrogen-bond donors (Lipinski definition) is 0. The molecule has 0 radical (unpaired) electrons. The van der Waals surface area contributed by atoms with Crippen LogP contribution in [0.25, 0.3) is 0 Å². The van der Waals surface area contributed by atoms with E-state index in [0.717, 1.165) is 20.9 Å². The molecule has 0 aromatic heterocycles. The van der Waals surface area contributed by atoms with E-state index in [0.29, 0.717) is 5.56 Å². The van der Waals surface area contributed by atoms with Gasteiger partial charge in [-0.25, -0.2) is 0 Å². The Bertz CT molecular complexity index is 1040. The zero-order valence-corrected chi connectivity index (χ0v) is 26.7. The zero-order valence-electron chi connectivity index (χ0n) is 16.9. The molecule has 166 valence electrons. The number of carbonyl (C=O) groups is 1. The second kappa shape index (κ2) is 17.2. The van der Waals surface area contributed by atoms with E-state index >= 15 is 0 Å². The second-order valence-electron chi connectivity index (χ2n) is 6.49. The van der Waals surface area contributed by atoms with E-state index < -0.39 is 0 Å². The van der Waals surface area contributed by atoms with Gasteiger partial charge in [0.05, 0.1) is 0 Å². The van der Waals surface area contributed by atoms with Crippen LogP contribution in [0.1, 0.15) is 27.0 Å². The molecule has 6 heteroatoms. The molecule has 0 bridgehead atoms. The zero-order chi connectivity index (χ0) is 22.5. The highest BCUT2D eigenvalue weighted by Crippen LogP contribution is 2.15. The van der Waals surface area contributed by atoms with E-state index in [1.54, 1.807) is 0 Å². The molecule has 0 unspecified atom stereocenters. The first-order chi connectivity index (χ1) is 15.1. The van der Waals surface area contributed by atoms with Crippen molar-refractivity contribution < 1.29 is 4.79 Å². The molecule has 0 aliphatic carbocycles. The van der Waals surface area contributed by atoms with Crippen molar-refractivity contribution in [2.75, 3.05) is 0 Å². The van der Waals surface area contributed by atoms with Crippen LogP contribution in [0.15, 0.2) is 118 Å². The van der Waals surface area contributed by atoms with Crippen LogP contribution in [-0.4, -0.2) is 5.78 Å². The van der Waals surface area contributed by atoms with Crippen molar-refractivity contribution in [2.24, 2.45) is 0 Å². The molecule has 4 aromatic rings. The molecule has 0 saturated heterocycles. The fourth-order valence-electron chi connectivity index (χ4n) is 2.79. The fraction of sp³-hybridized carbons (Fsp3) is 0.0385. The van der Waals surface area contributed by atoms with Gasteiger partial charge < -0.3 is 0 Å². The number of hydrogen-bond acceptors (Lipinski definition) is 1. The van der Waals surface area contributed by atoms with Crippen LogP contribution in [0, 0.1) is 0 Å². The minimum atomic E-state index is 0. The van der Waals surface area contributed by atoms with Gasteiger partial charge in [-0.1, -0.05) is 105 Å². The van der Waals surface area contributed by atoms with Crippen LogP contribution >= 0.6 is 93.1 Å². The van der Waals surface area contributed by atoms with Crippen molar-refractivity contribution >= 4 is 98.9 Å². The predicted octanol–water partition coefficient (Wildman–Crippen LogP) is 10.1. The first kappa shape index (κ1) is 29.7. The number of ketones is 1. The summed E-state index contributed by atoms with van der Waals surface area (Å²) in [5, 5.41) is 0. The van der Waals surface area contributed by atoms with E-state index in [2.05, 4.69) is 118 Å². The van der Waals surface area contributed by atoms with Crippen molar-refractivity contribution in [3.05, 3.63) is 140 Å². The molecule has 0 atom stereocenters. The monoisotopic (exact) mass is 888 g/mol. The Morgan fingerprint density at radius 2 is 0.938 bits per heavy atom. The quantitative estimate of drug-likeness (QED) is 0.147. The van der Waals surface area contributed by atoms with Gasteiger partial charge >= 0.3 is 0 Å². The molecule has 0 N–H and O–H groups in total. The van der Waals surface area contributed by atoms with E-state index in [9.17, 15) is 4.79 Å². The van der Waals surface area contributed by atoms with Gasteiger partial charge in [0.2, 0.25) is 0 Å². The summed E-state index contributed by atoms with van der Waals surface area (Å²) in [5.74, 6) is 0.0584. The van der Waals surface area contributed by atoms with Crippen LogP contribution in [0.2, 0.25) is 0 Å². The van der Waals surface area contributed by atoms with Crippen molar-refractivity contribution in [3.63, 3.8) is 0 Å². The predicted molar refractivity (Wildman–Crippen MR) is 171 cm³/mol. The average molecular weight is 890 g/mol. The smallest absolute Gasteiger partial charge is 0.193 e. The molecule has 0 fully saturated rings. The van der Waals surface area contributed by atoms with Gasteiger partial charge in [0.15, 0.2) is 5.78 Å². The van der Waals surface area contributed by atoms with Crippen molar-refractivity contribution in [1.82, 2.24) is 0 Å². The van der Waals surface area contributed by atoms with Gasteiger partial charge in [0, 0.05) is 57.3 Å². The number of rotatable bonds is 4. The van der Waals surface area contributed by atoms with Crippen molar-refractivity contribution in [3.8, 4) is 0 Å². The maximum atomic E-state index is 11.9. The third-order valence-corrected chi connectivity index (χ3v) is 5.36. The average Bonchev–Trinajstić information content (AvgIpc) is 2.84. The highest BCUT2D eigenvalue weighted by atomic mass is 128. The summed E-state index contributed by atoms with van der Waals surface area (Å²) >= 11 is 11.0. The molecule has 1 nitrogen and oxygen atoms in total. The highest BCUT2D eigenvalue weighted by Gasteiger charge is 2.07. The Balaban J connectivity index is 0.000000289. The summed E-state index contributed by atoms with van der Waals surface area (Å²) in [5.41, 5.74) is 4.14. The largest absolute Gasteiger partial charge is 0.289 e. The van der Waals surface area contributed by atoms with Gasteiger partial charge in [-0.2, -0.15) is 0 Å².